The highest BCUT2D eigenvalue weighted by molar-refractivity contribution is 5.82. The van der Waals surface area contributed by atoms with Gasteiger partial charge in [0.1, 0.15) is 0 Å². The number of nitrogens with one attached hydrogen (secondary N) is 1. The Bertz CT molecular complexity index is 963. The van der Waals surface area contributed by atoms with Crippen molar-refractivity contribution in [3.05, 3.63) is 96.1 Å². The lowest BCUT2D eigenvalue weighted by molar-refractivity contribution is -0.159. The van der Waals surface area contributed by atoms with Crippen molar-refractivity contribution in [1.82, 2.24) is 5.48 Å². The molecule has 0 saturated carbocycles. The normalized spacial score (nSPS) is 13.4. The molecule has 4 nitrogen and oxygen atoms in total. The van der Waals surface area contributed by atoms with Crippen molar-refractivity contribution >= 4 is 5.91 Å². The number of carbonyl (C=O) groups excluding carboxylic acids is 1. The first-order valence-corrected chi connectivity index (χ1v) is 10.6. The van der Waals surface area contributed by atoms with Gasteiger partial charge in [-0.15, -0.1) is 0 Å². The number of hydrogen-bond donors (Lipinski definition) is 2. The summed E-state index contributed by atoms with van der Waals surface area (Å²) in [6.07, 6.45) is 1.16. The highest BCUT2D eigenvalue weighted by Gasteiger charge is 2.46. The molecule has 0 aliphatic carbocycles. The number of benzene rings is 3. The summed E-state index contributed by atoms with van der Waals surface area (Å²) in [6, 6.07) is 28.2. The smallest absolute Gasteiger partial charge is 0.252 e. The van der Waals surface area contributed by atoms with E-state index in [2.05, 4.69) is 41.9 Å². The van der Waals surface area contributed by atoms with Crippen molar-refractivity contribution in [1.29, 1.82) is 0 Å². The zero-order valence-electron chi connectivity index (χ0n) is 18.5. The van der Waals surface area contributed by atoms with E-state index >= 15 is 0 Å². The quantitative estimate of drug-likeness (QED) is 0.464. The molecule has 0 aliphatic heterocycles. The Morgan fingerprint density at radius 3 is 1.94 bits per heavy atom. The summed E-state index contributed by atoms with van der Waals surface area (Å²) in [7, 11) is 0. The molecule has 0 heterocycles. The molecule has 162 valence electrons. The van der Waals surface area contributed by atoms with Gasteiger partial charge in [-0.1, -0.05) is 84.9 Å². The molecule has 3 rings (SSSR count). The van der Waals surface area contributed by atoms with Crippen LogP contribution >= 0.6 is 0 Å². The highest BCUT2D eigenvalue weighted by atomic mass is 16.7. The molecule has 3 aromatic carbocycles. The predicted octanol–water partition coefficient (Wildman–Crippen LogP) is 5.31. The van der Waals surface area contributed by atoms with Crippen LogP contribution in [0.15, 0.2) is 84.9 Å². The molecule has 1 amide bonds. The third-order valence-corrected chi connectivity index (χ3v) is 6.07. The third kappa shape index (κ3) is 5.81. The second kappa shape index (κ2) is 9.90. The standard InChI is InChI=1S/C27H31NO3/c1-26(2,30)27(3,25(29)28-31-20-22-10-6-4-7-11-22)19-18-21-14-16-24(17-15-21)23-12-8-5-9-13-23/h4-17,30H,18-20H2,1-3H3,(H,28,29). The molecular weight excluding hydrogens is 386 g/mol. The van der Waals surface area contributed by atoms with Crippen molar-refractivity contribution in [2.45, 2.75) is 45.8 Å². The van der Waals surface area contributed by atoms with Crippen LogP contribution in [0.25, 0.3) is 11.1 Å². The maximum absolute atomic E-state index is 13.0. The minimum atomic E-state index is -1.21. The van der Waals surface area contributed by atoms with E-state index in [0.717, 1.165) is 16.7 Å². The van der Waals surface area contributed by atoms with Crippen molar-refractivity contribution in [3.63, 3.8) is 0 Å². The average Bonchev–Trinajstić information content (AvgIpc) is 2.78. The molecule has 3 aromatic rings. The van der Waals surface area contributed by atoms with Crippen LogP contribution in [0.4, 0.5) is 0 Å². The average molecular weight is 418 g/mol. The second-order valence-corrected chi connectivity index (χ2v) is 8.66. The third-order valence-electron chi connectivity index (χ3n) is 6.07. The van der Waals surface area contributed by atoms with Crippen molar-refractivity contribution in [2.75, 3.05) is 0 Å². The van der Waals surface area contributed by atoms with Crippen LogP contribution in [0.2, 0.25) is 0 Å². The first-order valence-electron chi connectivity index (χ1n) is 10.6. The zero-order chi connectivity index (χ0) is 22.3. The van der Waals surface area contributed by atoms with Gasteiger partial charge in [-0.25, -0.2) is 5.48 Å². The summed E-state index contributed by atoms with van der Waals surface area (Å²) < 4.78 is 0. The summed E-state index contributed by atoms with van der Waals surface area (Å²) in [5, 5.41) is 10.8. The molecule has 0 bridgehead atoms. The van der Waals surface area contributed by atoms with Gasteiger partial charge in [-0.3, -0.25) is 9.63 Å². The molecule has 0 radical (unpaired) electrons. The molecule has 4 heteroatoms. The lowest BCUT2D eigenvalue weighted by Crippen LogP contribution is -2.52. The van der Waals surface area contributed by atoms with Gasteiger partial charge in [0.15, 0.2) is 0 Å². The van der Waals surface area contributed by atoms with Crippen molar-refractivity contribution in [3.8, 4) is 11.1 Å². The lowest BCUT2D eigenvalue weighted by atomic mass is 9.71. The van der Waals surface area contributed by atoms with Gasteiger partial charge in [-0.05, 0) is 55.9 Å². The van der Waals surface area contributed by atoms with Gasteiger partial charge in [0.05, 0.1) is 17.6 Å². The molecule has 1 unspecified atom stereocenters. The molecule has 0 aromatic heterocycles. The topological polar surface area (TPSA) is 58.6 Å². The fraction of sp³-hybridized carbons (Fsp3) is 0.296. The Balaban J connectivity index is 1.63. The Labute approximate surface area is 184 Å². The van der Waals surface area contributed by atoms with Gasteiger partial charge in [0.25, 0.3) is 5.91 Å². The Morgan fingerprint density at radius 2 is 1.35 bits per heavy atom. The Hall–Kier alpha value is -2.95. The van der Waals surface area contributed by atoms with Gasteiger partial charge in [-0.2, -0.15) is 0 Å². The number of aryl methyl sites for hydroxylation is 1. The first-order chi connectivity index (χ1) is 14.8. The molecule has 0 aliphatic rings. The fourth-order valence-corrected chi connectivity index (χ4v) is 3.46. The summed E-state index contributed by atoms with van der Waals surface area (Å²) in [5.74, 6) is -0.322. The predicted molar refractivity (Wildman–Crippen MR) is 124 cm³/mol. The first kappa shape index (κ1) is 22.7. The van der Waals surface area contributed by atoms with E-state index in [1.807, 2.05) is 48.5 Å². The van der Waals surface area contributed by atoms with Gasteiger partial charge < -0.3 is 5.11 Å². The maximum Gasteiger partial charge on any atom is 0.252 e. The minimum absolute atomic E-state index is 0.273. The van der Waals surface area contributed by atoms with Crippen LogP contribution in [-0.2, 0) is 22.7 Å². The van der Waals surface area contributed by atoms with Crippen LogP contribution in [0.3, 0.4) is 0 Å². The largest absolute Gasteiger partial charge is 0.389 e. The molecule has 0 fully saturated rings. The van der Waals surface area contributed by atoms with Crippen LogP contribution in [0, 0.1) is 5.41 Å². The van der Waals surface area contributed by atoms with Crippen LogP contribution in [0.5, 0.6) is 0 Å². The van der Waals surface area contributed by atoms with Crippen molar-refractivity contribution < 1.29 is 14.7 Å². The molecule has 0 saturated heterocycles. The van der Waals surface area contributed by atoms with Gasteiger partial charge in [0, 0.05) is 0 Å². The minimum Gasteiger partial charge on any atom is -0.389 e. The van der Waals surface area contributed by atoms with E-state index in [1.165, 1.54) is 5.56 Å². The molecule has 0 spiro atoms. The number of amides is 1. The number of rotatable bonds is 9. The second-order valence-electron chi connectivity index (χ2n) is 8.66. The van der Waals surface area contributed by atoms with E-state index in [9.17, 15) is 9.90 Å². The Kier molecular flexibility index (Phi) is 7.26. The summed E-state index contributed by atoms with van der Waals surface area (Å²) in [5.41, 5.74) is 4.73. The maximum atomic E-state index is 13.0. The zero-order valence-corrected chi connectivity index (χ0v) is 18.5. The Morgan fingerprint density at radius 1 is 0.806 bits per heavy atom. The van der Waals surface area contributed by atoms with E-state index in [-0.39, 0.29) is 12.5 Å². The number of hydroxylamine groups is 1. The van der Waals surface area contributed by atoms with Gasteiger partial charge in [0.2, 0.25) is 0 Å². The molecular formula is C27H31NO3. The molecule has 1 atom stereocenters. The summed E-state index contributed by atoms with van der Waals surface area (Å²) >= 11 is 0. The monoisotopic (exact) mass is 417 g/mol. The van der Waals surface area contributed by atoms with Crippen LogP contribution in [-0.4, -0.2) is 16.6 Å². The molecule has 2 N–H and O–H groups in total. The van der Waals surface area contributed by atoms with E-state index < -0.39 is 11.0 Å². The number of carbonyl (C=O) groups is 1. The number of hydrogen-bond acceptors (Lipinski definition) is 3. The summed E-state index contributed by atoms with van der Waals surface area (Å²) in [4.78, 5) is 18.4. The fourth-order valence-electron chi connectivity index (χ4n) is 3.46. The van der Waals surface area contributed by atoms with Crippen LogP contribution < -0.4 is 5.48 Å². The lowest BCUT2D eigenvalue weighted by Gasteiger charge is -2.39. The van der Waals surface area contributed by atoms with Gasteiger partial charge >= 0.3 is 0 Å². The molecule has 31 heavy (non-hydrogen) atoms. The summed E-state index contributed by atoms with van der Waals surface area (Å²) in [6.45, 7) is 5.40. The highest BCUT2D eigenvalue weighted by Crippen LogP contribution is 2.36. The number of aliphatic hydroxyl groups is 1. The van der Waals surface area contributed by atoms with E-state index in [4.69, 9.17) is 4.84 Å². The van der Waals surface area contributed by atoms with E-state index in [1.54, 1.807) is 20.8 Å². The van der Waals surface area contributed by atoms with Crippen molar-refractivity contribution in [2.24, 2.45) is 5.41 Å². The SMILES string of the molecule is CC(C)(O)C(C)(CCc1ccc(-c2ccccc2)cc1)C(=O)NOCc1ccccc1. The van der Waals surface area contributed by atoms with Crippen LogP contribution in [0.1, 0.15) is 38.3 Å². The van der Waals surface area contributed by atoms with E-state index in [0.29, 0.717) is 12.8 Å².